The number of halogens is 4. The molecule has 0 unspecified atom stereocenters. The van der Waals surface area contributed by atoms with Gasteiger partial charge in [0.05, 0.1) is 22.7 Å². The van der Waals surface area contributed by atoms with Gasteiger partial charge in [-0.1, -0.05) is 17.7 Å². The fourth-order valence-electron chi connectivity index (χ4n) is 1.33. The van der Waals surface area contributed by atoms with Gasteiger partial charge in [0.1, 0.15) is 0 Å². The number of aliphatic carboxylic acids is 1. The van der Waals surface area contributed by atoms with Gasteiger partial charge in [0, 0.05) is 6.54 Å². The van der Waals surface area contributed by atoms with Crippen LogP contribution in [0.4, 0.5) is 23.7 Å². The van der Waals surface area contributed by atoms with E-state index in [4.69, 9.17) is 16.7 Å². The van der Waals surface area contributed by atoms with Gasteiger partial charge >= 0.3 is 18.2 Å². The number of carboxylic acid groups (broad SMARTS) is 1. The Labute approximate surface area is 116 Å². The van der Waals surface area contributed by atoms with Crippen LogP contribution in [0.5, 0.6) is 0 Å². The molecule has 3 N–H and O–H groups in total. The third kappa shape index (κ3) is 4.61. The number of amides is 2. The molecule has 0 bridgehead atoms. The van der Waals surface area contributed by atoms with Gasteiger partial charge in [-0.15, -0.1) is 0 Å². The number of anilines is 1. The van der Waals surface area contributed by atoms with Crippen molar-refractivity contribution in [3.8, 4) is 0 Å². The Morgan fingerprint density at radius 1 is 1.30 bits per heavy atom. The Morgan fingerprint density at radius 3 is 2.50 bits per heavy atom. The topological polar surface area (TPSA) is 78.4 Å². The molecule has 5 nitrogen and oxygen atoms in total. The normalized spacial score (nSPS) is 11.0. The van der Waals surface area contributed by atoms with Crippen LogP contribution in [-0.4, -0.2) is 23.7 Å². The fourth-order valence-corrected chi connectivity index (χ4v) is 1.55. The second kappa shape index (κ2) is 6.47. The number of carbonyl (C=O) groups excluding carboxylic acids is 1. The van der Waals surface area contributed by atoms with Crippen molar-refractivity contribution in [2.24, 2.45) is 0 Å². The summed E-state index contributed by atoms with van der Waals surface area (Å²) in [4.78, 5) is 21.6. The van der Waals surface area contributed by atoms with Crippen LogP contribution in [0.1, 0.15) is 12.0 Å². The summed E-state index contributed by atoms with van der Waals surface area (Å²) in [5.74, 6) is -1.14. The van der Waals surface area contributed by atoms with E-state index in [2.05, 4.69) is 5.32 Å². The van der Waals surface area contributed by atoms with Gasteiger partial charge in [-0.2, -0.15) is 13.2 Å². The van der Waals surface area contributed by atoms with Crippen LogP contribution in [0.2, 0.25) is 5.02 Å². The van der Waals surface area contributed by atoms with Crippen molar-refractivity contribution in [3.63, 3.8) is 0 Å². The van der Waals surface area contributed by atoms with E-state index in [1.165, 1.54) is 6.07 Å². The smallest absolute Gasteiger partial charge is 0.418 e. The Morgan fingerprint density at radius 2 is 1.95 bits per heavy atom. The Balaban J connectivity index is 2.81. The minimum absolute atomic E-state index is 0.215. The molecule has 0 radical (unpaired) electrons. The van der Waals surface area contributed by atoms with Gasteiger partial charge in [0.2, 0.25) is 0 Å². The maximum absolute atomic E-state index is 12.7. The molecule has 1 rings (SSSR count). The lowest BCUT2D eigenvalue weighted by Crippen LogP contribution is -2.31. The summed E-state index contributed by atoms with van der Waals surface area (Å²) in [7, 11) is 0. The lowest BCUT2D eigenvalue weighted by Gasteiger charge is -2.15. The summed E-state index contributed by atoms with van der Waals surface area (Å²) in [6.45, 7) is -0.215. The molecule has 2 amide bonds. The summed E-state index contributed by atoms with van der Waals surface area (Å²) in [5.41, 5.74) is -1.66. The fraction of sp³-hybridized carbons (Fsp3) is 0.273. The number of carboxylic acids is 1. The van der Waals surface area contributed by atoms with Crippen molar-refractivity contribution < 1.29 is 27.9 Å². The highest BCUT2D eigenvalue weighted by Gasteiger charge is 2.34. The Hall–Kier alpha value is -1.96. The van der Waals surface area contributed by atoms with Crippen LogP contribution in [-0.2, 0) is 11.0 Å². The van der Waals surface area contributed by atoms with Gasteiger partial charge in [-0.25, -0.2) is 4.79 Å². The molecule has 0 heterocycles. The molecule has 0 aliphatic rings. The summed E-state index contributed by atoms with van der Waals surface area (Å²) in [6, 6.07) is 2.12. The number of hydrogen-bond acceptors (Lipinski definition) is 2. The molecule has 0 saturated heterocycles. The summed E-state index contributed by atoms with van der Waals surface area (Å²) in [5, 5.41) is 12.2. The predicted octanol–water partition coefficient (Wildman–Crippen LogP) is 2.96. The monoisotopic (exact) mass is 310 g/mol. The lowest BCUT2D eigenvalue weighted by molar-refractivity contribution is -0.137. The van der Waals surface area contributed by atoms with Crippen molar-refractivity contribution in [3.05, 3.63) is 28.8 Å². The highest BCUT2D eigenvalue weighted by atomic mass is 35.5. The molecule has 110 valence electrons. The van der Waals surface area contributed by atoms with Crippen LogP contribution in [0.3, 0.4) is 0 Å². The van der Waals surface area contributed by atoms with Crippen LogP contribution < -0.4 is 10.6 Å². The molecular weight excluding hydrogens is 301 g/mol. The largest absolute Gasteiger partial charge is 0.481 e. The number of carbonyl (C=O) groups is 2. The summed E-state index contributed by atoms with van der Waals surface area (Å²) >= 11 is 5.63. The second-order valence-electron chi connectivity index (χ2n) is 3.68. The maximum Gasteiger partial charge on any atom is 0.418 e. The number of benzene rings is 1. The molecule has 0 spiro atoms. The highest BCUT2D eigenvalue weighted by molar-refractivity contribution is 6.33. The number of alkyl halides is 3. The SMILES string of the molecule is O=C(O)CCNC(=O)Nc1c(Cl)cccc1C(F)(F)F. The van der Waals surface area contributed by atoms with Gasteiger partial charge < -0.3 is 15.7 Å². The first kappa shape index (κ1) is 16.1. The molecule has 9 heteroatoms. The van der Waals surface area contributed by atoms with E-state index in [0.29, 0.717) is 0 Å². The molecule has 0 saturated carbocycles. The van der Waals surface area contributed by atoms with Gasteiger partial charge in [-0.05, 0) is 12.1 Å². The lowest BCUT2D eigenvalue weighted by atomic mass is 10.1. The van der Waals surface area contributed by atoms with Crippen molar-refractivity contribution in [1.82, 2.24) is 5.32 Å². The average Bonchev–Trinajstić information content (AvgIpc) is 2.29. The number of urea groups is 1. The van der Waals surface area contributed by atoms with Crippen LogP contribution in [0.15, 0.2) is 18.2 Å². The first-order valence-corrected chi connectivity index (χ1v) is 5.72. The second-order valence-corrected chi connectivity index (χ2v) is 4.09. The first-order valence-electron chi connectivity index (χ1n) is 5.34. The maximum atomic E-state index is 12.7. The standard InChI is InChI=1S/C11H10ClF3N2O3/c12-7-3-1-2-6(11(13,14)15)9(7)17-10(20)16-5-4-8(18)19/h1-3H,4-5H2,(H,18,19)(H2,16,17,20). The minimum Gasteiger partial charge on any atom is -0.481 e. The van der Waals surface area contributed by atoms with Crippen molar-refractivity contribution in [1.29, 1.82) is 0 Å². The third-order valence-electron chi connectivity index (χ3n) is 2.18. The van der Waals surface area contributed by atoms with Gasteiger partial charge in [0.15, 0.2) is 0 Å². The Kier molecular flexibility index (Phi) is 5.20. The molecular formula is C11H10ClF3N2O3. The van der Waals surface area contributed by atoms with Crippen molar-refractivity contribution >= 4 is 29.3 Å². The number of nitrogens with one attached hydrogen (secondary N) is 2. The summed E-state index contributed by atoms with van der Waals surface area (Å²) < 4.78 is 38.2. The molecule has 0 aromatic heterocycles. The molecule has 0 aliphatic carbocycles. The predicted molar refractivity (Wildman–Crippen MR) is 65.7 cm³/mol. The molecule has 1 aromatic carbocycles. The van der Waals surface area contributed by atoms with E-state index in [1.807, 2.05) is 5.32 Å². The zero-order valence-corrected chi connectivity index (χ0v) is 10.7. The number of para-hydroxylation sites is 1. The van der Waals surface area contributed by atoms with E-state index < -0.39 is 29.4 Å². The summed E-state index contributed by atoms with van der Waals surface area (Å²) in [6.07, 6.45) is -5.02. The molecule has 1 aromatic rings. The van der Waals surface area contributed by atoms with E-state index in [9.17, 15) is 22.8 Å². The highest BCUT2D eigenvalue weighted by Crippen LogP contribution is 2.38. The van der Waals surface area contributed by atoms with E-state index in [0.717, 1.165) is 12.1 Å². The van der Waals surface area contributed by atoms with Crippen LogP contribution >= 0.6 is 11.6 Å². The zero-order valence-electron chi connectivity index (χ0n) is 9.92. The molecule has 0 aliphatic heterocycles. The average molecular weight is 311 g/mol. The van der Waals surface area contributed by atoms with Gasteiger partial charge in [-0.3, -0.25) is 4.79 Å². The van der Waals surface area contributed by atoms with Crippen molar-refractivity contribution in [2.75, 3.05) is 11.9 Å². The Bertz CT molecular complexity index is 520. The van der Waals surface area contributed by atoms with Crippen LogP contribution in [0.25, 0.3) is 0 Å². The quantitative estimate of drug-likeness (QED) is 0.800. The van der Waals surface area contributed by atoms with Crippen LogP contribution in [0, 0.1) is 0 Å². The number of hydrogen-bond donors (Lipinski definition) is 3. The van der Waals surface area contributed by atoms with E-state index >= 15 is 0 Å². The molecule has 0 fully saturated rings. The first-order chi connectivity index (χ1) is 9.21. The van der Waals surface area contributed by atoms with Crippen molar-refractivity contribution in [2.45, 2.75) is 12.6 Å². The number of rotatable bonds is 4. The minimum atomic E-state index is -4.67. The van der Waals surface area contributed by atoms with Gasteiger partial charge in [0.25, 0.3) is 0 Å². The zero-order chi connectivity index (χ0) is 15.3. The molecule has 0 atom stereocenters. The van der Waals surface area contributed by atoms with E-state index in [-0.39, 0.29) is 18.0 Å². The third-order valence-corrected chi connectivity index (χ3v) is 2.50. The molecule has 20 heavy (non-hydrogen) atoms. The van der Waals surface area contributed by atoms with E-state index in [1.54, 1.807) is 0 Å².